The van der Waals surface area contributed by atoms with E-state index in [4.69, 9.17) is 11.6 Å². The number of hydrogen-bond acceptors (Lipinski definition) is 2. The van der Waals surface area contributed by atoms with Gasteiger partial charge in [-0.3, -0.25) is 9.59 Å². The molecule has 0 saturated heterocycles. The fraction of sp³-hybridized carbons (Fsp3) is 0.263. The number of rotatable bonds is 6. The molecule has 2 rings (SSSR count). The molecule has 0 aliphatic rings. The number of carbonyl (C=O) groups is 2. The Labute approximate surface area is 147 Å². The minimum atomic E-state index is -0.319. The highest BCUT2D eigenvalue weighted by Crippen LogP contribution is 2.14. The van der Waals surface area contributed by atoms with Crippen LogP contribution in [0.25, 0.3) is 0 Å². The van der Waals surface area contributed by atoms with Crippen molar-refractivity contribution in [3.05, 3.63) is 64.2 Å². The van der Waals surface area contributed by atoms with Gasteiger partial charge in [0.25, 0.3) is 0 Å². The molecule has 2 aromatic carbocycles. The highest BCUT2D eigenvalue weighted by molar-refractivity contribution is 6.30. The van der Waals surface area contributed by atoms with Gasteiger partial charge in [0.15, 0.2) is 0 Å². The molecule has 0 saturated carbocycles. The van der Waals surface area contributed by atoms with Crippen LogP contribution in [-0.2, 0) is 16.0 Å². The fourth-order valence-electron chi connectivity index (χ4n) is 2.50. The summed E-state index contributed by atoms with van der Waals surface area (Å²) in [5, 5.41) is 6.17. The Morgan fingerprint density at radius 3 is 2.38 bits per heavy atom. The third kappa shape index (κ3) is 6.05. The van der Waals surface area contributed by atoms with Crippen molar-refractivity contribution >= 4 is 29.1 Å². The van der Waals surface area contributed by atoms with E-state index in [1.165, 1.54) is 0 Å². The molecule has 4 nitrogen and oxygen atoms in total. The van der Waals surface area contributed by atoms with Crippen molar-refractivity contribution in [1.82, 2.24) is 5.32 Å². The topological polar surface area (TPSA) is 58.2 Å². The van der Waals surface area contributed by atoms with Crippen molar-refractivity contribution in [2.24, 2.45) is 0 Å². The number of carbonyl (C=O) groups excluding carboxylic acids is 2. The van der Waals surface area contributed by atoms with Gasteiger partial charge in [-0.1, -0.05) is 29.8 Å². The molecule has 2 N–H and O–H groups in total. The maximum absolute atomic E-state index is 11.9. The Balaban J connectivity index is 1.76. The molecule has 0 aliphatic carbocycles. The lowest BCUT2D eigenvalue weighted by Crippen LogP contribution is -2.29. The molecule has 24 heavy (non-hydrogen) atoms. The third-order valence-corrected chi connectivity index (χ3v) is 3.69. The predicted molar refractivity (Wildman–Crippen MR) is 97.3 cm³/mol. The lowest BCUT2D eigenvalue weighted by molar-refractivity contribution is -0.126. The summed E-state index contributed by atoms with van der Waals surface area (Å²) >= 11 is 5.91. The quantitative estimate of drug-likeness (QED) is 0.786. The van der Waals surface area contributed by atoms with Gasteiger partial charge in [0.1, 0.15) is 6.42 Å². The van der Waals surface area contributed by atoms with E-state index in [0.717, 1.165) is 16.7 Å². The van der Waals surface area contributed by atoms with E-state index in [1.807, 2.05) is 50.2 Å². The van der Waals surface area contributed by atoms with E-state index in [1.54, 1.807) is 6.07 Å². The van der Waals surface area contributed by atoms with E-state index < -0.39 is 0 Å². The lowest BCUT2D eigenvalue weighted by atomic mass is 10.1. The molecule has 5 heteroatoms. The van der Waals surface area contributed by atoms with Gasteiger partial charge < -0.3 is 10.6 Å². The van der Waals surface area contributed by atoms with Crippen molar-refractivity contribution < 1.29 is 9.59 Å². The Bertz CT molecular complexity index is 724. The summed E-state index contributed by atoms with van der Waals surface area (Å²) in [4.78, 5) is 23.8. The summed E-state index contributed by atoms with van der Waals surface area (Å²) in [7, 11) is 0. The molecule has 0 aromatic heterocycles. The van der Waals surface area contributed by atoms with E-state index in [-0.39, 0.29) is 18.2 Å². The van der Waals surface area contributed by atoms with Gasteiger partial charge in [0.05, 0.1) is 0 Å². The second-order valence-corrected chi connectivity index (χ2v) is 6.27. The minimum Gasteiger partial charge on any atom is -0.355 e. The van der Waals surface area contributed by atoms with E-state index in [9.17, 15) is 9.59 Å². The number of anilines is 1. The SMILES string of the molecule is Cc1cc(C)cc(NC(=O)CC(=O)NCCc2cccc(Cl)c2)c1. The zero-order chi connectivity index (χ0) is 17.5. The maximum Gasteiger partial charge on any atom is 0.233 e. The predicted octanol–water partition coefficient (Wildman–Crippen LogP) is 3.64. The van der Waals surface area contributed by atoms with Crippen molar-refractivity contribution in [3.8, 4) is 0 Å². The van der Waals surface area contributed by atoms with Crippen LogP contribution in [0, 0.1) is 13.8 Å². The van der Waals surface area contributed by atoms with Crippen LogP contribution in [0.4, 0.5) is 5.69 Å². The summed E-state index contributed by atoms with van der Waals surface area (Å²) in [6.45, 7) is 4.40. The van der Waals surface area contributed by atoms with Gasteiger partial charge >= 0.3 is 0 Å². The van der Waals surface area contributed by atoms with E-state index in [2.05, 4.69) is 10.6 Å². The standard InChI is InChI=1S/C19H21ClN2O2/c1-13-8-14(2)10-17(9-13)22-19(24)12-18(23)21-7-6-15-4-3-5-16(20)11-15/h3-5,8-11H,6-7,12H2,1-2H3,(H,21,23)(H,22,24). The zero-order valence-electron chi connectivity index (χ0n) is 13.9. The van der Waals surface area contributed by atoms with Crippen LogP contribution in [0.3, 0.4) is 0 Å². The number of nitrogens with one attached hydrogen (secondary N) is 2. The molecular weight excluding hydrogens is 324 g/mol. The minimum absolute atomic E-state index is 0.192. The highest BCUT2D eigenvalue weighted by Gasteiger charge is 2.09. The normalized spacial score (nSPS) is 10.3. The Hall–Kier alpha value is -2.33. The molecule has 0 heterocycles. The average Bonchev–Trinajstić information content (AvgIpc) is 2.45. The number of hydrogen-bond donors (Lipinski definition) is 2. The fourth-order valence-corrected chi connectivity index (χ4v) is 2.71. The monoisotopic (exact) mass is 344 g/mol. The number of aryl methyl sites for hydroxylation is 2. The molecular formula is C19H21ClN2O2. The van der Waals surface area contributed by atoms with Crippen LogP contribution < -0.4 is 10.6 Å². The second kappa shape index (κ2) is 8.50. The van der Waals surface area contributed by atoms with Crippen molar-refractivity contribution in [2.75, 3.05) is 11.9 Å². The van der Waals surface area contributed by atoms with Crippen LogP contribution in [-0.4, -0.2) is 18.4 Å². The van der Waals surface area contributed by atoms with Crippen molar-refractivity contribution in [1.29, 1.82) is 0 Å². The first kappa shape index (κ1) is 18.0. The third-order valence-electron chi connectivity index (χ3n) is 3.45. The Morgan fingerprint density at radius 1 is 1.00 bits per heavy atom. The Morgan fingerprint density at radius 2 is 1.71 bits per heavy atom. The van der Waals surface area contributed by atoms with Crippen LogP contribution in [0.1, 0.15) is 23.1 Å². The number of amides is 2. The number of benzene rings is 2. The van der Waals surface area contributed by atoms with Gasteiger partial charge in [-0.15, -0.1) is 0 Å². The van der Waals surface area contributed by atoms with Crippen LogP contribution in [0.2, 0.25) is 5.02 Å². The molecule has 0 unspecified atom stereocenters. The summed E-state index contributed by atoms with van der Waals surface area (Å²) in [5.41, 5.74) is 3.89. The molecule has 0 atom stereocenters. The summed E-state index contributed by atoms with van der Waals surface area (Å²) in [6, 6.07) is 13.3. The molecule has 126 valence electrons. The molecule has 2 aromatic rings. The largest absolute Gasteiger partial charge is 0.355 e. The van der Waals surface area contributed by atoms with Crippen molar-refractivity contribution in [2.45, 2.75) is 26.7 Å². The lowest BCUT2D eigenvalue weighted by Gasteiger charge is -2.08. The van der Waals surface area contributed by atoms with E-state index in [0.29, 0.717) is 23.7 Å². The van der Waals surface area contributed by atoms with Gasteiger partial charge in [0.2, 0.25) is 11.8 Å². The molecule has 0 fully saturated rings. The molecule has 0 spiro atoms. The van der Waals surface area contributed by atoms with Gasteiger partial charge in [-0.2, -0.15) is 0 Å². The highest BCUT2D eigenvalue weighted by atomic mass is 35.5. The molecule has 0 aliphatic heterocycles. The van der Waals surface area contributed by atoms with Crippen LogP contribution >= 0.6 is 11.6 Å². The van der Waals surface area contributed by atoms with Gasteiger partial charge in [-0.25, -0.2) is 0 Å². The van der Waals surface area contributed by atoms with Crippen LogP contribution in [0.15, 0.2) is 42.5 Å². The molecule has 0 bridgehead atoms. The van der Waals surface area contributed by atoms with E-state index >= 15 is 0 Å². The maximum atomic E-state index is 11.9. The van der Waals surface area contributed by atoms with Crippen molar-refractivity contribution in [3.63, 3.8) is 0 Å². The Kier molecular flexibility index (Phi) is 6.38. The smallest absolute Gasteiger partial charge is 0.233 e. The summed E-state index contributed by atoms with van der Waals surface area (Å²) in [6.07, 6.45) is 0.480. The zero-order valence-corrected chi connectivity index (χ0v) is 14.6. The first-order valence-electron chi connectivity index (χ1n) is 7.81. The van der Waals surface area contributed by atoms with Crippen LogP contribution in [0.5, 0.6) is 0 Å². The molecule has 0 radical (unpaired) electrons. The summed E-state index contributed by atoms with van der Waals surface area (Å²) in [5.74, 6) is -0.612. The second-order valence-electron chi connectivity index (χ2n) is 5.83. The first-order valence-corrected chi connectivity index (χ1v) is 8.19. The van der Waals surface area contributed by atoms with Gasteiger partial charge in [0, 0.05) is 17.3 Å². The first-order chi connectivity index (χ1) is 11.4. The van der Waals surface area contributed by atoms with Gasteiger partial charge in [-0.05, 0) is 61.2 Å². The molecule has 2 amide bonds. The summed E-state index contributed by atoms with van der Waals surface area (Å²) < 4.78 is 0. The number of halogens is 1. The average molecular weight is 345 g/mol.